The molecule has 1 fully saturated rings. The fourth-order valence-electron chi connectivity index (χ4n) is 2.71. The quantitative estimate of drug-likeness (QED) is 0.889. The number of nitrogens with zero attached hydrogens (tertiary/aromatic N) is 2. The van der Waals surface area contributed by atoms with Crippen LogP contribution in [0.1, 0.15) is 30.1 Å². The second-order valence-electron chi connectivity index (χ2n) is 5.83. The molecule has 0 saturated carbocycles. The van der Waals surface area contributed by atoms with Crippen molar-refractivity contribution >= 4 is 11.4 Å². The maximum Gasteiger partial charge on any atom is 0.255 e. The summed E-state index contributed by atoms with van der Waals surface area (Å²) in [7, 11) is 0. The number of hydrogen-bond donors (Lipinski definition) is 2. The van der Waals surface area contributed by atoms with Crippen molar-refractivity contribution in [1.29, 1.82) is 0 Å². The van der Waals surface area contributed by atoms with E-state index in [1.54, 1.807) is 10.7 Å². The summed E-state index contributed by atoms with van der Waals surface area (Å²) < 4.78 is 1.72. The van der Waals surface area contributed by atoms with Gasteiger partial charge in [-0.1, -0.05) is 13.0 Å². The Bertz CT molecular complexity index is 613. The SMILES string of the molecule is CC1(CNC(=O)c2cnn3ccccc23)CCNCC1. The molecule has 0 unspecified atom stereocenters. The van der Waals surface area contributed by atoms with E-state index in [0.29, 0.717) is 5.56 Å². The van der Waals surface area contributed by atoms with E-state index in [0.717, 1.165) is 38.0 Å². The normalized spacial score (nSPS) is 18.1. The van der Waals surface area contributed by atoms with Crippen molar-refractivity contribution in [2.45, 2.75) is 19.8 Å². The Hall–Kier alpha value is -1.88. The molecule has 3 heterocycles. The zero-order chi connectivity index (χ0) is 14.0. The summed E-state index contributed by atoms with van der Waals surface area (Å²) in [5.74, 6) is -0.0362. The van der Waals surface area contributed by atoms with Gasteiger partial charge in [-0.15, -0.1) is 0 Å². The molecule has 0 aromatic carbocycles. The van der Waals surface area contributed by atoms with Gasteiger partial charge in [0, 0.05) is 12.7 Å². The Balaban J connectivity index is 1.70. The number of pyridine rings is 1. The number of nitrogens with one attached hydrogen (secondary N) is 2. The van der Waals surface area contributed by atoms with E-state index in [2.05, 4.69) is 22.7 Å². The van der Waals surface area contributed by atoms with Crippen LogP contribution in [-0.2, 0) is 0 Å². The molecule has 1 amide bonds. The first-order valence-corrected chi connectivity index (χ1v) is 7.09. The summed E-state index contributed by atoms with van der Waals surface area (Å²) in [6, 6.07) is 5.73. The van der Waals surface area contributed by atoms with Crippen LogP contribution in [0.4, 0.5) is 0 Å². The van der Waals surface area contributed by atoms with Gasteiger partial charge in [0.15, 0.2) is 0 Å². The molecular weight excluding hydrogens is 252 g/mol. The van der Waals surface area contributed by atoms with Crippen molar-refractivity contribution in [3.05, 3.63) is 36.2 Å². The van der Waals surface area contributed by atoms with Gasteiger partial charge < -0.3 is 10.6 Å². The number of rotatable bonds is 3. The van der Waals surface area contributed by atoms with Crippen LogP contribution in [0.3, 0.4) is 0 Å². The van der Waals surface area contributed by atoms with Crippen molar-refractivity contribution in [1.82, 2.24) is 20.2 Å². The zero-order valence-corrected chi connectivity index (χ0v) is 11.7. The lowest BCUT2D eigenvalue weighted by Crippen LogP contribution is -2.42. The van der Waals surface area contributed by atoms with Gasteiger partial charge >= 0.3 is 0 Å². The van der Waals surface area contributed by atoms with Gasteiger partial charge in [0.2, 0.25) is 0 Å². The third-order valence-corrected chi connectivity index (χ3v) is 4.16. The van der Waals surface area contributed by atoms with E-state index in [9.17, 15) is 4.79 Å². The Morgan fingerprint density at radius 1 is 1.45 bits per heavy atom. The second kappa shape index (κ2) is 5.25. The summed E-state index contributed by atoms with van der Waals surface area (Å²) in [5, 5.41) is 10.6. The minimum absolute atomic E-state index is 0.0362. The van der Waals surface area contributed by atoms with Crippen LogP contribution in [0.15, 0.2) is 30.6 Å². The van der Waals surface area contributed by atoms with E-state index in [1.807, 2.05) is 24.4 Å². The lowest BCUT2D eigenvalue weighted by Gasteiger charge is -2.34. The summed E-state index contributed by atoms with van der Waals surface area (Å²) >= 11 is 0. The first-order valence-electron chi connectivity index (χ1n) is 7.09. The van der Waals surface area contributed by atoms with Gasteiger partial charge in [-0.3, -0.25) is 4.79 Å². The molecule has 2 N–H and O–H groups in total. The maximum absolute atomic E-state index is 12.3. The van der Waals surface area contributed by atoms with Crippen LogP contribution < -0.4 is 10.6 Å². The van der Waals surface area contributed by atoms with Gasteiger partial charge in [0.25, 0.3) is 5.91 Å². The van der Waals surface area contributed by atoms with Crippen molar-refractivity contribution in [2.75, 3.05) is 19.6 Å². The van der Waals surface area contributed by atoms with Crippen molar-refractivity contribution in [3.63, 3.8) is 0 Å². The molecule has 0 radical (unpaired) electrons. The number of amides is 1. The van der Waals surface area contributed by atoms with Gasteiger partial charge in [-0.2, -0.15) is 5.10 Å². The average Bonchev–Trinajstić information content (AvgIpc) is 2.90. The van der Waals surface area contributed by atoms with Crippen LogP contribution >= 0.6 is 0 Å². The Labute approximate surface area is 118 Å². The molecule has 2 aromatic heterocycles. The Kier molecular flexibility index (Phi) is 3.44. The van der Waals surface area contributed by atoms with Gasteiger partial charge in [-0.05, 0) is 43.5 Å². The van der Waals surface area contributed by atoms with Gasteiger partial charge in [-0.25, -0.2) is 4.52 Å². The fourth-order valence-corrected chi connectivity index (χ4v) is 2.71. The minimum Gasteiger partial charge on any atom is -0.351 e. The first kappa shape index (κ1) is 13.1. The Morgan fingerprint density at radius 2 is 2.25 bits per heavy atom. The standard InChI is InChI=1S/C15H20N4O/c1-15(5-7-16-8-6-15)11-17-14(20)12-10-18-19-9-3-2-4-13(12)19/h2-4,9-10,16H,5-8,11H2,1H3,(H,17,20). The van der Waals surface area contributed by atoms with E-state index in [1.165, 1.54) is 0 Å². The molecule has 5 heteroatoms. The molecule has 2 aromatic rings. The summed E-state index contributed by atoms with van der Waals surface area (Å²) in [4.78, 5) is 12.3. The number of carbonyl (C=O) groups is 1. The molecule has 1 aliphatic heterocycles. The van der Waals surface area contributed by atoms with E-state index in [4.69, 9.17) is 0 Å². The van der Waals surface area contributed by atoms with Crippen LogP contribution in [-0.4, -0.2) is 35.2 Å². The molecule has 0 aliphatic carbocycles. The van der Waals surface area contributed by atoms with Gasteiger partial charge in [0.1, 0.15) is 0 Å². The lowest BCUT2D eigenvalue weighted by atomic mass is 9.81. The lowest BCUT2D eigenvalue weighted by molar-refractivity contribution is 0.0924. The molecule has 0 spiro atoms. The molecule has 0 atom stereocenters. The van der Waals surface area contributed by atoms with E-state index < -0.39 is 0 Å². The van der Waals surface area contributed by atoms with Gasteiger partial charge in [0.05, 0.1) is 17.3 Å². The van der Waals surface area contributed by atoms with Crippen molar-refractivity contribution in [2.24, 2.45) is 5.41 Å². The third kappa shape index (κ3) is 2.54. The third-order valence-electron chi connectivity index (χ3n) is 4.16. The monoisotopic (exact) mass is 272 g/mol. The predicted molar refractivity (Wildman–Crippen MR) is 77.7 cm³/mol. The topological polar surface area (TPSA) is 58.4 Å². The zero-order valence-electron chi connectivity index (χ0n) is 11.7. The summed E-state index contributed by atoms with van der Waals surface area (Å²) in [6.45, 7) is 5.02. The molecule has 1 aliphatic rings. The smallest absolute Gasteiger partial charge is 0.255 e. The van der Waals surface area contributed by atoms with Crippen LogP contribution in [0.25, 0.3) is 5.52 Å². The largest absolute Gasteiger partial charge is 0.351 e. The van der Waals surface area contributed by atoms with E-state index >= 15 is 0 Å². The highest BCUT2D eigenvalue weighted by Crippen LogP contribution is 2.26. The molecule has 3 rings (SSSR count). The number of piperidine rings is 1. The average molecular weight is 272 g/mol. The highest BCUT2D eigenvalue weighted by molar-refractivity contribution is 6.00. The minimum atomic E-state index is -0.0362. The summed E-state index contributed by atoms with van der Waals surface area (Å²) in [5.41, 5.74) is 1.69. The van der Waals surface area contributed by atoms with E-state index in [-0.39, 0.29) is 11.3 Å². The maximum atomic E-state index is 12.3. The highest BCUT2D eigenvalue weighted by atomic mass is 16.1. The van der Waals surface area contributed by atoms with Crippen LogP contribution in [0.2, 0.25) is 0 Å². The Morgan fingerprint density at radius 3 is 3.05 bits per heavy atom. The highest BCUT2D eigenvalue weighted by Gasteiger charge is 2.27. The van der Waals surface area contributed by atoms with Crippen molar-refractivity contribution in [3.8, 4) is 0 Å². The second-order valence-corrected chi connectivity index (χ2v) is 5.83. The molecule has 106 valence electrons. The van der Waals surface area contributed by atoms with Crippen LogP contribution in [0, 0.1) is 5.41 Å². The molecular formula is C15H20N4O. The molecule has 5 nitrogen and oxygen atoms in total. The van der Waals surface area contributed by atoms with Crippen molar-refractivity contribution < 1.29 is 4.79 Å². The number of carbonyl (C=O) groups excluding carboxylic acids is 1. The molecule has 0 bridgehead atoms. The molecule has 1 saturated heterocycles. The molecule has 20 heavy (non-hydrogen) atoms. The number of aromatic nitrogens is 2. The first-order chi connectivity index (χ1) is 9.68. The fraction of sp³-hybridized carbons (Fsp3) is 0.467. The number of fused-ring (bicyclic) bond motifs is 1. The summed E-state index contributed by atoms with van der Waals surface area (Å²) in [6.07, 6.45) is 5.68. The number of hydrogen-bond acceptors (Lipinski definition) is 3. The van der Waals surface area contributed by atoms with Crippen LogP contribution in [0.5, 0.6) is 0 Å². The predicted octanol–water partition coefficient (Wildman–Crippen LogP) is 1.45.